The second-order valence-corrected chi connectivity index (χ2v) is 5.24. The molecule has 0 amide bonds. The zero-order valence-corrected chi connectivity index (χ0v) is 12.3. The Kier molecular flexibility index (Phi) is 5.29. The zero-order chi connectivity index (χ0) is 15.1. The Morgan fingerprint density at radius 3 is 2.24 bits per heavy atom. The summed E-state index contributed by atoms with van der Waals surface area (Å²) in [7, 11) is 0. The molecule has 21 heavy (non-hydrogen) atoms. The molecule has 106 valence electrons. The summed E-state index contributed by atoms with van der Waals surface area (Å²) in [6, 6.07) is 20.7. The van der Waals surface area contributed by atoms with Gasteiger partial charge in [0.05, 0.1) is 6.07 Å². The van der Waals surface area contributed by atoms with Gasteiger partial charge in [-0.1, -0.05) is 61.5 Å². The molecule has 2 aromatic carbocycles. The third-order valence-electron chi connectivity index (χ3n) is 3.75. The van der Waals surface area contributed by atoms with E-state index in [0.717, 1.165) is 18.4 Å². The van der Waals surface area contributed by atoms with E-state index in [1.807, 2.05) is 37.3 Å². The number of hydrogen-bond acceptors (Lipinski definition) is 2. The highest BCUT2D eigenvalue weighted by Gasteiger charge is 2.14. The number of hydrogen-bond donors (Lipinski definition) is 1. The lowest BCUT2D eigenvalue weighted by atomic mass is 9.91. The first-order valence-corrected chi connectivity index (χ1v) is 7.33. The minimum Gasteiger partial charge on any atom is -0.304 e. The molecular weight excluding hydrogens is 256 g/mol. The van der Waals surface area contributed by atoms with Gasteiger partial charge < -0.3 is 5.41 Å². The third kappa shape index (κ3) is 4.03. The monoisotopic (exact) mass is 276 g/mol. The molecule has 0 bridgehead atoms. The standard InChI is InChI=1S/C19H20N2/c1-2-17(12-13-20)19(21)18-10-8-16(9-11-18)14-15-6-4-3-5-7-15/h3-11,17,21H,2,12,14H2,1H3. The number of nitriles is 1. The van der Waals surface area contributed by atoms with Crippen LogP contribution < -0.4 is 0 Å². The highest BCUT2D eigenvalue weighted by atomic mass is 14.4. The molecule has 0 saturated heterocycles. The predicted molar refractivity (Wildman–Crippen MR) is 86.5 cm³/mol. The van der Waals surface area contributed by atoms with Gasteiger partial charge in [0, 0.05) is 18.1 Å². The van der Waals surface area contributed by atoms with E-state index >= 15 is 0 Å². The first-order chi connectivity index (χ1) is 10.2. The van der Waals surface area contributed by atoms with Gasteiger partial charge in [0.15, 0.2) is 0 Å². The maximum Gasteiger partial charge on any atom is 0.0628 e. The molecule has 0 aliphatic heterocycles. The minimum atomic E-state index is 0.0370. The summed E-state index contributed by atoms with van der Waals surface area (Å²) in [4.78, 5) is 0. The van der Waals surface area contributed by atoms with Crippen LogP contribution in [0.1, 0.15) is 36.5 Å². The summed E-state index contributed by atoms with van der Waals surface area (Å²) in [6.45, 7) is 2.03. The molecule has 0 saturated carbocycles. The fourth-order valence-corrected chi connectivity index (χ4v) is 2.43. The average molecular weight is 276 g/mol. The Hall–Kier alpha value is -2.40. The Bertz CT molecular complexity index is 621. The van der Waals surface area contributed by atoms with Crippen LogP contribution in [0.4, 0.5) is 0 Å². The van der Waals surface area contributed by atoms with Crippen LogP contribution in [0.5, 0.6) is 0 Å². The highest BCUT2D eigenvalue weighted by molar-refractivity contribution is 6.00. The van der Waals surface area contributed by atoms with Gasteiger partial charge in [-0.05, 0) is 29.5 Å². The predicted octanol–water partition coefficient (Wildman–Crippen LogP) is 4.59. The van der Waals surface area contributed by atoms with Crippen LogP contribution in [0, 0.1) is 22.7 Å². The van der Waals surface area contributed by atoms with Gasteiger partial charge in [0.1, 0.15) is 0 Å². The van der Waals surface area contributed by atoms with Gasteiger partial charge in [-0.15, -0.1) is 0 Å². The summed E-state index contributed by atoms with van der Waals surface area (Å²) in [5, 5.41) is 17.1. The van der Waals surface area contributed by atoms with Gasteiger partial charge in [0.2, 0.25) is 0 Å². The fourth-order valence-electron chi connectivity index (χ4n) is 2.43. The minimum absolute atomic E-state index is 0.0370. The SMILES string of the molecule is CCC(CC#N)C(=N)c1ccc(Cc2ccccc2)cc1. The van der Waals surface area contributed by atoms with Crippen LogP contribution in [0.3, 0.4) is 0 Å². The lowest BCUT2D eigenvalue weighted by Crippen LogP contribution is -2.13. The molecule has 0 aliphatic carbocycles. The molecule has 0 radical (unpaired) electrons. The molecule has 2 heteroatoms. The van der Waals surface area contributed by atoms with Crippen LogP contribution in [-0.2, 0) is 6.42 Å². The zero-order valence-electron chi connectivity index (χ0n) is 12.3. The van der Waals surface area contributed by atoms with Crippen LogP contribution in [0.25, 0.3) is 0 Å². The maximum atomic E-state index is 8.83. The quantitative estimate of drug-likeness (QED) is 0.771. The van der Waals surface area contributed by atoms with Crippen molar-refractivity contribution in [2.45, 2.75) is 26.2 Å². The lowest BCUT2D eigenvalue weighted by molar-refractivity contribution is 0.680. The molecule has 1 N–H and O–H groups in total. The van der Waals surface area contributed by atoms with E-state index in [9.17, 15) is 0 Å². The third-order valence-corrected chi connectivity index (χ3v) is 3.75. The number of benzene rings is 2. The van der Waals surface area contributed by atoms with Crippen molar-refractivity contribution in [3.05, 3.63) is 71.3 Å². The summed E-state index contributed by atoms with van der Waals surface area (Å²) in [5.41, 5.74) is 4.03. The first-order valence-electron chi connectivity index (χ1n) is 7.33. The second kappa shape index (κ2) is 7.40. The topological polar surface area (TPSA) is 47.6 Å². The first kappa shape index (κ1) is 15.0. The Labute approximate surface area is 126 Å². The summed E-state index contributed by atoms with van der Waals surface area (Å²) in [6.07, 6.45) is 2.16. The molecule has 2 aromatic rings. The van der Waals surface area contributed by atoms with Crippen molar-refractivity contribution in [3.63, 3.8) is 0 Å². The van der Waals surface area contributed by atoms with E-state index < -0.39 is 0 Å². The number of nitrogens with one attached hydrogen (secondary N) is 1. The Morgan fingerprint density at radius 1 is 1.05 bits per heavy atom. The summed E-state index contributed by atoms with van der Waals surface area (Å²) >= 11 is 0. The molecule has 2 rings (SSSR count). The lowest BCUT2D eigenvalue weighted by Gasteiger charge is -2.13. The summed E-state index contributed by atoms with van der Waals surface area (Å²) in [5.74, 6) is 0.0370. The molecule has 0 fully saturated rings. The molecule has 0 heterocycles. The van der Waals surface area contributed by atoms with Crippen LogP contribution >= 0.6 is 0 Å². The van der Waals surface area contributed by atoms with Crippen molar-refractivity contribution in [1.29, 1.82) is 10.7 Å². The van der Waals surface area contributed by atoms with Gasteiger partial charge >= 0.3 is 0 Å². The van der Waals surface area contributed by atoms with E-state index in [1.54, 1.807) is 0 Å². The molecule has 1 unspecified atom stereocenters. The molecule has 0 aliphatic rings. The van der Waals surface area contributed by atoms with E-state index in [4.69, 9.17) is 10.7 Å². The Morgan fingerprint density at radius 2 is 1.67 bits per heavy atom. The van der Waals surface area contributed by atoms with Crippen molar-refractivity contribution in [2.24, 2.45) is 5.92 Å². The largest absolute Gasteiger partial charge is 0.304 e. The Balaban J connectivity index is 2.08. The van der Waals surface area contributed by atoms with Crippen molar-refractivity contribution in [3.8, 4) is 6.07 Å². The van der Waals surface area contributed by atoms with E-state index in [0.29, 0.717) is 12.1 Å². The van der Waals surface area contributed by atoms with Crippen molar-refractivity contribution in [2.75, 3.05) is 0 Å². The highest BCUT2D eigenvalue weighted by Crippen LogP contribution is 2.17. The van der Waals surface area contributed by atoms with Crippen LogP contribution in [-0.4, -0.2) is 5.71 Å². The van der Waals surface area contributed by atoms with E-state index in [-0.39, 0.29) is 5.92 Å². The summed E-state index contributed by atoms with van der Waals surface area (Å²) < 4.78 is 0. The van der Waals surface area contributed by atoms with Crippen LogP contribution in [0.2, 0.25) is 0 Å². The molecule has 0 spiro atoms. The van der Waals surface area contributed by atoms with Gasteiger partial charge in [0.25, 0.3) is 0 Å². The van der Waals surface area contributed by atoms with Gasteiger partial charge in [-0.2, -0.15) is 5.26 Å². The van der Waals surface area contributed by atoms with Crippen LogP contribution in [0.15, 0.2) is 54.6 Å². The second-order valence-electron chi connectivity index (χ2n) is 5.24. The molecule has 1 atom stereocenters. The number of rotatable bonds is 6. The van der Waals surface area contributed by atoms with Crippen molar-refractivity contribution < 1.29 is 0 Å². The molecular formula is C19H20N2. The number of nitrogens with zero attached hydrogens (tertiary/aromatic N) is 1. The van der Waals surface area contributed by atoms with E-state index in [1.165, 1.54) is 11.1 Å². The van der Waals surface area contributed by atoms with Crippen molar-refractivity contribution >= 4 is 5.71 Å². The van der Waals surface area contributed by atoms with Gasteiger partial charge in [-0.3, -0.25) is 0 Å². The van der Waals surface area contributed by atoms with Crippen molar-refractivity contribution in [1.82, 2.24) is 0 Å². The molecule has 2 nitrogen and oxygen atoms in total. The van der Waals surface area contributed by atoms with Gasteiger partial charge in [-0.25, -0.2) is 0 Å². The average Bonchev–Trinajstić information content (AvgIpc) is 2.54. The maximum absolute atomic E-state index is 8.83. The normalized spacial score (nSPS) is 11.6. The molecule has 0 aromatic heterocycles. The smallest absolute Gasteiger partial charge is 0.0628 e. The fraction of sp³-hybridized carbons (Fsp3) is 0.263. The van der Waals surface area contributed by atoms with E-state index in [2.05, 4.69) is 30.3 Å².